The van der Waals surface area contributed by atoms with Crippen LogP contribution in [0.4, 0.5) is 10.5 Å². The van der Waals surface area contributed by atoms with Crippen molar-refractivity contribution in [1.29, 1.82) is 0 Å². The van der Waals surface area contributed by atoms with Crippen LogP contribution in [0.25, 0.3) is 6.08 Å². The molecule has 0 radical (unpaired) electrons. The van der Waals surface area contributed by atoms with Crippen molar-refractivity contribution < 1.29 is 19.6 Å². The number of aromatic hydroxyl groups is 1. The number of phenolic OH excluding ortho intramolecular Hbond substituents is 1. The Bertz CT molecular complexity index is 676. The van der Waals surface area contributed by atoms with E-state index in [4.69, 9.17) is 4.74 Å². The van der Waals surface area contributed by atoms with Crippen LogP contribution in [0.15, 0.2) is 23.8 Å². The van der Waals surface area contributed by atoms with Gasteiger partial charge in [0.2, 0.25) is 0 Å². The number of hydrogen-bond acceptors (Lipinski definition) is 5. The largest absolute Gasteiger partial charge is 0.502 e. The highest BCUT2D eigenvalue weighted by molar-refractivity contribution is 5.69. The van der Waals surface area contributed by atoms with E-state index in [1.165, 1.54) is 12.1 Å². The third kappa shape index (κ3) is 4.71. The van der Waals surface area contributed by atoms with Crippen LogP contribution in [0, 0.1) is 10.1 Å². The summed E-state index contributed by atoms with van der Waals surface area (Å²) in [5.74, 6) is -0.360. The van der Waals surface area contributed by atoms with Gasteiger partial charge in [0.1, 0.15) is 5.60 Å². The third-order valence-electron chi connectivity index (χ3n) is 3.54. The maximum Gasteiger partial charge on any atom is 0.410 e. The van der Waals surface area contributed by atoms with Crippen molar-refractivity contribution in [2.75, 3.05) is 13.1 Å². The number of benzene rings is 1. The van der Waals surface area contributed by atoms with Crippen molar-refractivity contribution in [3.63, 3.8) is 0 Å². The number of nitrogens with zero attached hydrogens (tertiary/aromatic N) is 2. The summed E-state index contributed by atoms with van der Waals surface area (Å²) in [6.07, 6.45) is 3.09. The Morgan fingerprint density at radius 1 is 1.42 bits per heavy atom. The lowest BCUT2D eigenvalue weighted by Gasteiger charge is -2.31. The van der Waals surface area contributed by atoms with Gasteiger partial charge in [-0.2, -0.15) is 0 Å². The predicted octanol–water partition coefficient (Wildman–Crippen LogP) is 3.71. The molecule has 0 unspecified atom stereocenters. The molecule has 0 aliphatic carbocycles. The molecule has 130 valence electrons. The standard InChI is InChI=1S/C17H22N2O5/c1-17(2,3)24-16(21)18-8-4-5-13(11-18)9-12-6-7-15(20)14(10-12)19(22)23/h6-7,9-10,20H,4-5,8,11H2,1-3H3. The van der Waals surface area contributed by atoms with Crippen molar-refractivity contribution in [2.45, 2.75) is 39.2 Å². The average Bonchev–Trinajstić information content (AvgIpc) is 2.47. The quantitative estimate of drug-likeness (QED) is 0.657. The average molecular weight is 334 g/mol. The summed E-state index contributed by atoms with van der Waals surface area (Å²) >= 11 is 0. The molecule has 24 heavy (non-hydrogen) atoms. The molecule has 0 spiro atoms. The zero-order valence-corrected chi connectivity index (χ0v) is 14.1. The second kappa shape index (κ2) is 6.90. The summed E-state index contributed by atoms with van der Waals surface area (Å²) in [5, 5.41) is 20.4. The molecular weight excluding hydrogens is 312 g/mol. The van der Waals surface area contributed by atoms with Crippen LogP contribution in [0.5, 0.6) is 5.75 Å². The number of piperidine rings is 1. The monoisotopic (exact) mass is 334 g/mol. The molecule has 0 saturated carbocycles. The topological polar surface area (TPSA) is 92.9 Å². The Labute approximate surface area is 140 Å². The molecule has 1 fully saturated rings. The smallest absolute Gasteiger partial charge is 0.410 e. The van der Waals surface area contributed by atoms with E-state index in [1.807, 2.05) is 26.8 Å². The van der Waals surface area contributed by atoms with Crippen molar-refractivity contribution in [2.24, 2.45) is 0 Å². The fraction of sp³-hybridized carbons (Fsp3) is 0.471. The van der Waals surface area contributed by atoms with Gasteiger partial charge in [-0.15, -0.1) is 0 Å². The fourth-order valence-electron chi connectivity index (χ4n) is 2.51. The number of phenols is 1. The molecule has 1 aromatic rings. The minimum absolute atomic E-state index is 0.329. The number of rotatable bonds is 2. The van der Waals surface area contributed by atoms with Crippen LogP contribution < -0.4 is 0 Å². The van der Waals surface area contributed by atoms with Gasteiger partial charge in [-0.1, -0.05) is 17.7 Å². The lowest BCUT2D eigenvalue weighted by molar-refractivity contribution is -0.385. The highest BCUT2D eigenvalue weighted by Crippen LogP contribution is 2.28. The van der Waals surface area contributed by atoms with E-state index in [9.17, 15) is 20.0 Å². The minimum atomic E-state index is -0.620. The second-order valence-electron chi connectivity index (χ2n) is 6.81. The van der Waals surface area contributed by atoms with Gasteiger partial charge in [-0.25, -0.2) is 4.79 Å². The molecule has 0 bridgehead atoms. The molecule has 7 heteroatoms. The minimum Gasteiger partial charge on any atom is -0.502 e. The molecule has 1 aromatic carbocycles. The van der Waals surface area contributed by atoms with Crippen LogP contribution in [-0.2, 0) is 4.74 Å². The van der Waals surface area contributed by atoms with Gasteiger partial charge in [0.05, 0.1) is 4.92 Å². The van der Waals surface area contributed by atoms with Crippen LogP contribution in [0.2, 0.25) is 0 Å². The molecule has 1 aliphatic rings. The number of amides is 1. The van der Waals surface area contributed by atoms with E-state index in [-0.39, 0.29) is 17.5 Å². The van der Waals surface area contributed by atoms with Gasteiger partial charge >= 0.3 is 11.8 Å². The molecule has 1 N–H and O–H groups in total. The first-order valence-corrected chi connectivity index (χ1v) is 7.80. The van der Waals surface area contributed by atoms with Crippen molar-refractivity contribution in [3.8, 4) is 5.75 Å². The molecular formula is C17H22N2O5. The van der Waals surface area contributed by atoms with Crippen molar-refractivity contribution >= 4 is 17.9 Å². The number of carbonyl (C=O) groups excluding carboxylic acids is 1. The third-order valence-corrected chi connectivity index (χ3v) is 3.54. The lowest BCUT2D eigenvalue weighted by Crippen LogP contribution is -2.40. The second-order valence-corrected chi connectivity index (χ2v) is 6.81. The Balaban J connectivity index is 2.14. The molecule has 1 heterocycles. The summed E-state index contributed by atoms with van der Waals surface area (Å²) < 4.78 is 5.38. The summed E-state index contributed by atoms with van der Waals surface area (Å²) in [6.45, 7) is 6.52. The zero-order valence-electron chi connectivity index (χ0n) is 14.1. The fourth-order valence-corrected chi connectivity index (χ4v) is 2.51. The van der Waals surface area contributed by atoms with Gasteiger partial charge in [0.15, 0.2) is 5.75 Å². The van der Waals surface area contributed by atoms with E-state index < -0.39 is 10.5 Å². The van der Waals surface area contributed by atoms with Crippen molar-refractivity contribution in [3.05, 3.63) is 39.4 Å². The van der Waals surface area contributed by atoms with Gasteiger partial charge in [0, 0.05) is 19.2 Å². The van der Waals surface area contributed by atoms with Gasteiger partial charge < -0.3 is 14.7 Å². The van der Waals surface area contributed by atoms with Gasteiger partial charge in [0.25, 0.3) is 0 Å². The molecule has 1 aliphatic heterocycles. The normalized spacial score (nSPS) is 17.0. The van der Waals surface area contributed by atoms with Crippen LogP contribution >= 0.6 is 0 Å². The van der Waals surface area contributed by atoms with Gasteiger partial charge in [-0.3, -0.25) is 10.1 Å². The molecule has 2 rings (SSSR count). The molecule has 0 aromatic heterocycles. The number of nitro groups is 1. The lowest BCUT2D eigenvalue weighted by atomic mass is 10.0. The molecule has 1 amide bonds. The molecule has 1 saturated heterocycles. The number of ether oxygens (including phenoxy) is 1. The number of hydrogen-bond donors (Lipinski definition) is 1. The van der Waals surface area contributed by atoms with E-state index in [1.54, 1.807) is 11.0 Å². The zero-order chi connectivity index (χ0) is 17.9. The Morgan fingerprint density at radius 3 is 2.75 bits per heavy atom. The maximum absolute atomic E-state index is 12.2. The summed E-state index contributed by atoms with van der Waals surface area (Å²) in [6, 6.07) is 4.25. The Hall–Kier alpha value is -2.57. The SMILES string of the molecule is CC(C)(C)OC(=O)N1CCCC(=Cc2ccc(O)c([N+](=O)[O-])c2)C1. The highest BCUT2D eigenvalue weighted by atomic mass is 16.6. The molecule has 0 atom stereocenters. The highest BCUT2D eigenvalue weighted by Gasteiger charge is 2.25. The summed E-state index contributed by atoms with van der Waals surface area (Å²) in [5.41, 5.74) is 0.743. The Kier molecular flexibility index (Phi) is 5.11. The predicted molar refractivity (Wildman–Crippen MR) is 89.8 cm³/mol. The summed E-state index contributed by atoms with van der Waals surface area (Å²) in [4.78, 5) is 24.1. The summed E-state index contributed by atoms with van der Waals surface area (Å²) in [7, 11) is 0. The van der Waals surface area contributed by atoms with E-state index in [0.29, 0.717) is 18.7 Å². The van der Waals surface area contributed by atoms with E-state index in [0.717, 1.165) is 18.4 Å². The van der Waals surface area contributed by atoms with Gasteiger partial charge in [-0.05, 0) is 45.2 Å². The van der Waals surface area contributed by atoms with E-state index >= 15 is 0 Å². The van der Waals surface area contributed by atoms with Crippen LogP contribution in [0.3, 0.4) is 0 Å². The number of nitro benzene ring substituents is 1. The number of carbonyl (C=O) groups is 1. The molecule has 7 nitrogen and oxygen atoms in total. The number of likely N-dealkylation sites (tertiary alicyclic amines) is 1. The van der Waals surface area contributed by atoms with Crippen LogP contribution in [-0.4, -0.2) is 39.7 Å². The van der Waals surface area contributed by atoms with Crippen LogP contribution in [0.1, 0.15) is 39.2 Å². The Morgan fingerprint density at radius 2 is 2.12 bits per heavy atom. The first kappa shape index (κ1) is 17.8. The first-order chi connectivity index (χ1) is 11.2. The van der Waals surface area contributed by atoms with E-state index in [2.05, 4.69) is 0 Å². The first-order valence-electron chi connectivity index (χ1n) is 7.80. The van der Waals surface area contributed by atoms with Crippen molar-refractivity contribution in [1.82, 2.24) is 4.90 Å². The maximum atomic E-state index is 12.2.